The summed E-state index contributed by atoms with van der Waals surface area (Å²) >= 11 is 0. The number of hydrogen-bond donors (Lipinski definition) is 1. The number of alkyl carbamates (subject to hydrolysis) is 1. The van der Waals surface area contributed by atoms with Gasteiger partial charge in [0.25, 0.3) is 0 Å². The highest BCUT2D eigenvalue weighted by atomic mass is 16.5. The fraction of sp³-hybridized carbons (Fsp3) is 0.400. The largest absolute Gasteiger partial charge is 0.445 e. The first kappa shape index (κ1) is 12.5. The molecule has 0 heterocycles. The molecule has 1 aliphatic carbocycles. The Bertz CT molecular complexity index is 443. The van der Waals surface area contributed by atoms with Gasteiger partial charge in [0.1, 0.15) is 6.61 Å². The van der Waals surface area contributed by atoms with Crippen molar-refractivity contribution in [1.29, 1.82) is 0 Å². The van der Waals surface area contributed by atoms with E-state index in [9.17, 15) is 4.79 Å². The predicted molar refractivity (Wildman–Crippen MR) is 69.8 cm³/mol. The van der Waals surface area contributed by atoms with Gasteiger partial charge in [-0.25, -0.2) is 4.79 Å². The standard InChI is InChI=1S/C15H17NO2/c1-2-9-15(10-6-11-15)16-14(17)18-12-13-7-4-3-5-8-13/h1,3-5,7-8H,6,9-12H2,(H,16,17). The van der Waals surface area contributed by atoms with Gasteiger partial charge in [-0.05, 0) is 24.8 Å². The van der Waals surface area contributed by atoms with Gasteiger partial charge in [-0.3, -0.25) is 0 Å². The van der Waals surface area contributed by atoms with E-state index in [1.54, 1.807) is 0 Å². The van der Waals surface area contributed by atoms with E-state index in [0.717, 1.165) is 24.8 Å². The Kier molecular flexibility index (Phi) is 3.88. The summed E-state index contributed by atoms with van der Waals surface area (Å²) in [5.74, 6) is 2.62. The topological polar surface area (TPSA) is 38.3 Å². The summed E-state index contributed by atoms with van der Waals surface area (Å²) < 4.78 is 5.19. The minimum atomic E-state index is -0.381. The van der Waals surface area contributed by atoms with E-state index in [-0.39, 0.29) is 11.6 Å². The van der Waals surface area contributed by atoms with Gasteiger partial charge in [0.15, 0.2) is 0 Å². The van der Waals surface area contributed by atoms with Crippen LogP contribution in [0.1, 0.15) is 31.2 Å². The molecule has 0 aliphatic heterocycles. The van der Waals surface area contributed by atoms with E-state index in [2.05, 4.69) is 11.2 Å². The van der Waals surface area contributed by atoms with E-state index >= 15 is 0 Å². The summed E-state index contributed by atoms with van der Waals surface area (Å²) in [4.78, 5) is 11.7. The minimum Gasteiger partial charge on any atom is -0.445 e. The van der Waals surface area contributed by atoms with Crippen molar-refractivity contribution in [3.63, 3.8) is 0 Å². The van der Waals surface area contributed by atoms with E-state index < -0.39 is 0 Å². The quantitative estimate of drug-likeness (QED) is 0.826. The molecule has 18 heavy (non-hydrogen) atoms. The van der Waals surface area contributed by atoms with Crippen molar-refractivity contribution in [2.24, 2.45) is 0 Å². The molecule has 0 spiro atoms. The van der Waals surface area contributed by atoms with Gasteiger partial charge in [-0.1, -0.05) is 30.3 Å². The number of amides is 1. The van der Waals surface area contributed by atoms with Crippen LogP contribution in [-0.2, 0) is 11.3 Å². The zero-order valence-corrected chi connectivity index (χ0v) is 10.3. The zero-order valence-electron chi connectivity index (χ0n) is 10.3. The molecule has 2 rings (SSSR count). The summed E-state index contributed by atoms with van der Waals surface area (Å²) in [5.41, 5.74) is 0.759. The minimum absolute atomic E-state index is 0.220. The highest BCUT2D eigenvalue weighted by Gasteiger charge is 2.38. The molecule has 0 unspecified atom stereocenters. The molecule has 0 radical (unpaired) electrons. The number of ether oxygens (including phenoxy) is 1. The SMILES string of the molecule is C#CCC1(NC(=O)OCc2ccccc2)CCC1. The van der Waals surface area contributed by atoms with Crippen LogP contribution in [0, 0.1) is 12.3 Å². The lowest BCUT2D eigenvalue weighted by Crippen LogP contribution is -2.53. The molecule has 0 atom stereocenters. The van der Waals surface area contributed by atoms with Gasteiger partial charge in [0.2, 0.25) is 0 Å². The van der Waals surface area contributed by atoms with Crippen LogP contribution in [0.2, 0.25) is 0 Å². The molecule has 94 valence electrons. The molecule has 1 amide bonds. The molecule has 0 aromatic heterocycles. The van der Waals surface area contributed by atoms with Crippen molar-refractivity contribution in [3.05, 3.63) is 35.9 Å². The Morgan fingerprint density at radius 3 is 2.67 bits per heavy atom. The Hall–Kier alpha value is -1.95. The third-order valence-corrected chi connectivity index (χ3v) is 3.33. The van der Waals surface area contributed by atoms with E-state index in [4.69, 9.17) is 11.2 Å². The summed E-state index contributed by atoms with van der Waals surface area (Å²) in [5, 5.41) is 2.90. The van der Waals surface area contributed by atoms with Crippen LogP contribution in [0.5, 0.6) is 0 Å². The summed E-state index contributed by atoms with van der Waals surface area (Å²) in [6.07, 6.45) is 8.51. The maximum Gasteiger partial charge on any atom is 0.407 e. The van der Waals surface area contributed by atoms with Crippen LogP contribution >= 0.6 is 0 Å². The fourth-order valence-corrected chi connectivity index (χ4v) is 2.12. The predicted octanol–water partition coefficient (Wildman–Crippen LogP) is 2.86. The summed E-state index contributed by atoms with van der Waals surface area (Å²) in [7, 11) is 0. The summed E-state index contributed by atoms with van der Waals surface area (Å²) in [6, 6.07) is 9.62. The van der Waals surface area contributed by atoms with Gasteiger partial charge >= 0.3 is 6.09 Å². The van der Waals surface area contributed by atoms with Crippen molar-refractivity contribution in [1.82, 2.24) is 5.32 Å². The number of nitrogens with one attached hydrogen (secondary N) is 1. The van der Waals surface area contributed by atoms with Crippen LogP contribution in [0.15, 0.2) is 30.3 Å². The second kappa shape index (κ2) is 5.59. The first-order chi connectivity index (χ1) is 8.74. The molecule has 1 aromatic rings. The fourth-order valence-electron chi connectivity index (χ4n) is 2.12. The maximum absolute atomic E-state index is 11.7. The Morgan fingerprint density at radius 1 is 1.39 bits per heavy atom. The highest BCUT2D eigenvalue weighted by molar-refractivity contribution is 5.68. The Morgan fingerprint density at radius 2 is 2.11 bits per heavy atom. The second-order valence-electron chi connectivity index (χ2n) is 4.70. The average Bonchev–Trinajstić information content (AvgIpc) is 2.35. The Labute approximate surface area is 108 Å². The highest BCUT2D eigenvalue weighted by Crippen LogP contribution is 2.34. The molecular formula is C15H17NO2. The van der Waals surface area contributed by atoms with Gasteiger partial charge in [0, 0.05) is 6.42 Å². The average molecular weight is 243 g/mol. The second-order valence-corrected chi connectivity index (χ2v) is 4.70. The van der Waals surface area contributed by atoms with Crippen LogP contribution in [0.4, 0.5) is 4.79 Å². The first-order valence-corrected chi connectivity index (χ1v) is 6.16. The molecule has 0 bridgehead atoms. The lowest BCUT2D eigenvalue weighted by atomic mass is 9.75. The zero-order chi connectivity index (χ0) is 12.8. The van der Waals surface area contributed by atoms with Gasteiger partial charge < -0.3 is 10.1 Å². The van der Waals surface area contributed by atoms with Crippen LogP contribution in [0.3, 0.4) is 0 Å². The van der Waals surface area contributed by atoms with E-state index in [1.807, 2.05) is 30.3 Å². The van der Waals surface area contributed by atoms with Crippen molar-refractivity contribution in [2.75, 3.05) is 0 Å². The van der Waals surface area contributed by atoms with Crippen LogP contribution < -0.4 is 5.32 Å². The molecule has 1 aliphatic rings. The normalized spacial score (nSPS) is 16.2. The van der Waals surface area contributed by atoms with Crippen LogP contribution in [-0.4, -0.2) is 11.6 Å². The van der Waals surface area contributed by atoms with E-state index in [0.29, 0.717) is 13.0 Å². The van der Waals surface area contributed by atoms with Crippen molar-refractivity contribution >= 4 is 6.09 Å². The van der Waals surface area contributed by atoms with Crippen LogP contribution in [0.25, 0.3) is 0 Å². The van der Waals surface area contributed by atoms with Crippen molar-refractivity contribution in [2.45, 2.75) is 37.8 Å². The molecule has 0 saturated heterocycles. The smallest absolute Gasteiger partial charge is 0.407 e. The molecule has 1 saturated carbocycles. The molecular weight excluding hydrogens is 226 g/mol. The summed E-state index contributed by atoms with van der Waals surface area (Å²) in [6.45, 7) is 0.290. The number of benzene rings is 1. The third-order valence-electron chi connectivity index (χ3n) is 3.33. The third kappa shape index (κ3) is 3.04. The lowest BCUT2D eigenvalue weighted by Gasteiger charge is -2.40. The molecule has 3 heteroatoms. The first-order valence-electron chi connectivity index (χ1n) is 6.16. The molecule has 1 aromatic carbocycles. The lowest BCUT2D eigenvalue weighted by molar-refractivity contribution is 0.108. The van der Waals surface area contributed by atoms with Gasteiger partial charge in [-0.2, -0.15) is 0 Å². The molecule has 3 nitrogen and oxygen atoms in total. The maximum atomic E-state index is 11.7. The van der Waals surface area contributed by atoms with Gasteiger partial charge in [0.05, 0.1) is 5.54 Å². The van der Waals surface area contributed by atoms with Gasteiger partial charge in [-0.15, -0.1) is 12.3 Å². The number of hydrogen-bond acceptors (Lipinski definition) is 2. The van der Waals surface area contributed by atoms with E-state index in [1.165, 1.54) is 0 Å². The number of carbonyl (C=O) groups excluding carboxylic acids is 1. The number of carbonyl (C=O) groups is 1. The molecule has 1 N–H and O–H groups in total. The number of terminal acetylenes is 1. The van der Waals surface area contributed by atoms with Crippen molar-refractivity contribution < 1.29 is 9.53 Å². The monoisotopic (exact) mass is 243 g/mol. The Balaban J connectivity index is 1.80. The van der Waals surface area contributed by atoms with Crippen molar-refractivity contribution in [3.8, 4) is 12.3 Å². The number of rotatable bonds is 4. The molecule has 1 fully saturated rings.